The number of aryl methyl sites for hydroxylation is 2. The topological polar surface area (TPSA) is 35.2 Å². The highest BCUT2D eigenvalue weighted by molar-refractivity contribution is 5.45. The second-order valence-electron chi connectivity index (χ2n) is 3.59. The summed E-state index contributed by atoms with van der Waals surface area (Å²) in [5, 5.41) is 0. The predicted octanol–water partition coefficient (Wildman–Crippen LogP) is 2.20. The van der Waals surface area contributed by atoms with Gasteiger partial charge in [0.1, 0.15) is 5.75 Å². The van der Waals surface area contributed by atoms with Crippen LogP contribution in [0, 0.1) is 13.8 Å². The Bertz CT molecular complexity index is 307. The molecule has 14 heavy (non-hydrogen) atoms. The van der Waals surface area contributed by atoms with Crippen molar-refractivity contribution in [1.82, 2.24) is 0 Å². The Balaban J connectivity index is 2.98. The Labute approximate surface area is 86.1 Å². The van der Waals surface area contributed by atoms with E-state index in [9.17, 15) is 0 Å². The smallest absolute Gasteiger partial charge is 0.125 e. The van der Waals surface area contributed by atoms with E-state index in [0.29, 0.717) is 0 Å². The van der Waals surface area contributed by atoms with E-state index in [-0.39, 0.29) is 0 Å². The highest BCUT2D eigenvalue weighted by atomic mass is 16.5. The van der Waals surface area contributed by atoms with E-state index in [0.717, 1.165) is 25.1 Å². The van der Waals surface area contributed by atoms with E-state index in [1.54, 1.807) is 7.11 Å². The van der Waals surface area contributed by atoms with Crippen molar-refractivity contribution in [3.05, 3.63) is 28.8 Å². The number of nitrogens with two attached hydrogens (primary N) is 1. The number of benzene rings is 1. The van der Waals surface area contributed by atoms with E-state index in [1.165, 1.54) is 16.7 Å². The van der Waals surface area contributed by atoms with Crippen LogP contribution in [0.15, 0.2) is 12.1 Å². The maximum absolute atomic E-state index is 5.50. The molecular weight excluding hydrogens is 174 g/mol. The van der Waals surface area contributed by atoms with Gasteiger partial charge in [-0.1, -0.05) is 12.1 Å². The maximum Gasteiger partial charge on any atom is 0.125 e. The Kier molecular flexibility index (Phi) is 3.96. The van der Waals surface area contributed by atoms with Gasteiger partial charge in [-0.2, -0.15) is 0 Å². The predicted molar refractivity (Wildman–Crippen MR) is 59.8 cm³/mol. The van der Waals surface area contributed by atoms with Crippen LogP contribution in [0.4, 0.5) is 0 Å². The average Bonchev–Trinajstić information content (AvgIpc) is 2.20. The van der Waals surface area contributed by atoms with Gasteiger partial charge in [0.05, 0.1) is 7.11 Å². The fourth-order valence-corrected chi connectivity index (χ4v) is 1.62. The lowest BCUT2D eigenvalue weighted by atomic mass is 10.0. The summed E-state index contributed by atoms with van der Waals surface area (Å²) in [7, 11) is 1.73. The molecule has 0 amide bonds. The minimum Gasteiger partial charge on any atom is -0.496 e. The molecule has 1 aromatic rings. The summed E-state index contributed by atoms with van der Waals surface area (Å²) in [5.41, 5.74) is 9.27. The summed E-state index contributed by atoms with van der Waals surface area (Å²) in [6.07, 6.45) is 2.01. The number of hydrogen-bond donors (Lipinski definition) is 1. The maximum atomic E-state index is 5.50. The first-order valence-corrected chi connectivity index (χ1v) is 5.03. The average molecular weight is 193 g/mol. The van der Waals surface area contributed by atoms with Crippen LogP contribution in [-0.4, -0.2) is 13.7 Å². The van der Waals surface area contributed by atoms with E-state index >= 15 is 0 Å². The van der Waals surface area contributed by atoms with Gasteiger partial charge in [0.25, 0.3) is 0 Å². The lowest BCUT2D eigenvalue weighted by Gasteiger charge is -2.12. The second-order valence-corrected chi connectivity index (χ2v) is 3.59. The highest BCUT2D eigenvalue weighted by Gasteiger charge is 2.07. The van der Waals surface area contributed by atoms with Crippen molar-refractivity contribution in [2.24, 2.45) is 5.73 Å². The number of rotatable bonds is 4. The largest absolute Gasteiger partial charge is 0.496 e. The zero-order chi connectivity index (χ0) is 10.6. The minimum atomic E-state index is 0.732. The molecule has 0 saturated carbocycles. The first-order chi connectivity index (χ1) is 6.70. The molecule has 0 unspecified atom stereocenters. The summed E-state index contributed by atoms with van der Waals surface area (Å²) in [6.45, 7) is 4.93. The third-order valence-corrected chi connectivity index (χ3v) is 2.61. The normalized spacial score (nSPS) is 10.3. The number of ether oxygens (including phenoxy) is 1. The molecule has 0 bridgehead atoms. The Hall–Kier alpha value is -1.02. The van der Waals surface area contributed by atoms with Gasteiger partial charge in [-0.05, 0) is 49.9 Å². The SMILES string of the molecule is COc1c(CCCN)ccc(C)c1C. The van der Waals surface area contributed by atoms with Crippen molar-refractivity contribution in [3.63, 3.8) is 0 Å². The first kappa shape index (κ1) is 11.1. The summed E-state index contributed by atoms with van der Waals surface area (Å²) >= 11 is 0. The van der Waals surface area contributed by atoms with Crippen molar-refractivity contribution in [1.29, 1.82) is 0 Å². The number of methoxy groups -OCH3 is 1. The van der Waals surface area contributed by atoms with Crippen LogP contribution in [0.25, 0.3) is 0 Å². The van der Waals surface area contributed by atoms with Gasteiger partial charge >= 0.3 is 0 Å². The van der Waals surface area contributed by atoms with E-state index < -0.39 is 0 Å². The van der Waals surface area contributed by atoms with Gasteiger partial charge < -0.3 is 10.5 Å². The summed E-state index contributed by atoms with van der Waals surface area (Å²) < 4.78 is 5.41. The molecule has 2 nitrogen and oxygen atoms in total. The molecule has 0 heterocycles. The van der Waals surface area contributed by atoms with Crippen LogP contribution < -0.4 is 10.5 Å². The van der Waals surface area contributed by atoms with Crippen LogP contribution in [0.2, 0.25) is 0 Å². The molecule has 1 aromatic carbocycles. The first-order valence-electron chi connectivity index (χ1n) is 5.03. The Morgan fingerprint density at radius 1 is 1.29 bits per heavy atom. The van der Waals surface area contributed by atoms with E-state index in [1.807, 2.05) is 0 Å². The van der Waals surface area contributed by atoms with Gasteiger partial charge in [0.15, 0.2) is 0 Å². The molecular formula is C12H19NO. The van der Waals surface area contributed by atoms with Crippen LogP contribution in [0.5, 0.6) is 5.75 Å². The van der Waals surface area contributed by atoms with Gasteiger partial charge in [-0.15, -0.1) is 0 Å². The molecule has 0 aliphatic heterocycles. The quantitative estimate of drug-likeness (QED) is 0.795. The molecule has 0 saturated heterocycles. The summed E-state index contributed by atoms with van der Waals surface area (Å²) in [4.78, 5) is 0. The molecule has 0 aromatic heterocycles. The van der Waals surface area contributed by atoms with Crippen molar-refractivity contribution < 1.29 is 4.74 Å². The Morgan fingerprint density at radius 2 is 2.00 bits per heavy atom. The third kappa shape index (κ3) is 2.26. The van der Waals surface area contributed by atoms with Gasteiger partial charge in [-0.3, -0.25) is 0 Å². The lowest BCUT2D eigenvalue weighted by Crippen LogP contribution is -2.02. The lowest BCUT2D eigenvalue weighted by molar-refractivity contribution is 0.405. The molecule has 0 aliphatic rings. The van der Waals surface area contributed by atoms with Crippen LogP contribution in [0.3, 0.4) is 0 Å². The monoisotopic (exact) mass is 193 g/mol. The molecule has 0 spiro atoms. The molecule has 1 rings (SSSR count). The third-order valence-electron chi connectivity index (χ3n) is 2.61. The fraction of sp³-hybridized carbons (Fsp3) is 0.500. The van der Waals surface area contributed by atoms with Gasteiger partial charge in [-0.25, -0.2) is 0 Å². The minimum absolute atomic E-state index is 0.732. The zero-order valence-electron chi connectivity index (χ0n) is 9.26. The van der Waals surface area contributed by atoms with Crippen molar-refractivity contribution in [2.75, 3.05) is 13.7 Å². The van der Waals surface area contributed by atoms with Crippen LogP contribution >= 0.6 is 0 Å². The van der Waals surface area contributed by atoms with Crippen molar-refractivity contribution in [2.45, 2.75) is 26.7 Å². The van der Waals surface area contributed by atoms with Gasteiger partial charge in [0.2, 0.25) is 0 Å². The molecule has 2 heteroatoms. The molecule has 0 fully saturated rings. The fourth-order valence-electron chi connectivity index (χ4n) is 1.62. The molecule has 0 atom stereocenters. The van der Waals surface area contributed by atoms with Crippen LogP contribution in [0.1, 0.15) is 23.1 Å². The zero-order valence-corrected chi connectivity index (χ0v) is 9.26. The molecule has 0 radical (unpaired) electrons. The second kappa shape index (κ2) is 5.01. The van der Waals surface area contributed by atoms with Crippen molar-refractivity contribution in [3.8, 4) is 5.75 Å². The Morgan fingerprint density at radius 3 is 2.57 bits per heavy atom. The van der Waals surface area contributed by atoms with E-state index in [2.05, 4.69) is 26.0 Å². The van der Waals surface area contributed by atoms with Crippen LogP contribution in [-0.2, 0) is 6.42 Å². The molecule has 0 aliphatic carbocycles. The molecule has 78 valence electrons. The summed E-state index contributed by atoms with van der Waals surface area (Å²) in [6, 6.07) is 4.28. The standard InChI is InChI=1S/C12H19NO/c1-9-6-7-11(5-4-8-13)12(14-3)10(9)2/h6-7H,4-5,8,13H2,1-3H3. The summed E-state index contributed by atoms with van der Waals surface area (Å²) in [5.74, 6) is 1.03. The number of hydrogen-bond acceptors (Lipinski definition) is 2. The van der Waals surface area contributed by atoms with Crippen molar-refractivity contribution >= 4 is 0 Å². The molecule has 2 N–H and O–H groups in total. The van der Waals surface area contributed by atoms with E-state index in [4.69, 9.17) is 10.5 Å². The van der Waals surface area contributed by atoms with Gasteiger partial charge in [0, 0.05) is 0 Å². The highest BCUT2D eigenvalue weighted by Crippen LogP contribution is 2.26.